The van der Waals surface area contributed by atoms with Crippen LogP contribution in [0.25, 0.3) is 0 Å². The molecule has 0 bridgehead atoms. The fraction of sp³-hybridized carbons (Fsp3) is 0.444. The first-order valence-electron chi connectivity index (χ1n) is 4.83. The van der Waals surface area contributed by atoms with Gasteiger partial charge in [0.15, 0.2) is 0 Å². The van der Waals surface area contributed by atoms with Crippen molar-refractivity contribution < 1.29 is 14.7 Å². The molecule has 1 fully saturated rings. The fourth-order valence-electron chi connectivity index (χ4n) is 1.48. The van der Waals surface area contributed by atoms with E-state index in [1.54, 1.807) is 5.38 Å². The van der Waals surface area contributed by atoms with Gasteiger partial charge in [-0.3, -0.25) is 4.79 Å². The van der Waals surface area contributed by atoms with E-state index in [0.29, 0.717) is 25.2 Å². The van der Waals surface area contributed by atoms with E-state index in [-0.39, 0.29) is 17.0 Å². The Hall–Kier alpha value is -1.47. The summed E-state index contributed by atoms with van der Waals surface area (Å²) in [6, 6.07) is 0.113. The highest BCUT2D eigenvalue weighted by molar-refractivity contribution is 7.11. The molecule has 1 saturated heterocycles. The van der Waals surface area contributed by atoms with E-state index in [4.69, 9.17) is 5.11 Å². The minimum atomic E-state index is -1.01. The smallest absolute Gasteiger partial charge is 0.365 e. The van der Waals surface area contributed by atoms with E-state index in [9.17, 15) is 9.59 Å². The molecule has 1 atom stereocenters. The maximum Gasteiger partial charge on any atom is 0.365 e. The molecule has 0 radical (unpaired) electrons. The van der Waals surface area contributed by atoms with Gasteiger partial charge >= 0.3 is 5.97 Å². The molecule has 2 rings (SSSR count). The van der Waals surface area contributed by atoms with E-state index in [1.165, 1.54) is 0 Å². The predicted octanol–water partition coefficient (Wildman–Crippen LogP) is -0.181. The van der Waals surface area contributed by atoms with Crippen LogP contribution >= 0.6 is 11.3 Å². The van der Waals surface area contributed by atoms with Crippen LogP contribution in [0.2, 0.25) is 0 Å². The molecule has 1 aliphatic rings. The van der Waals surface area contributed by atoms with Crippen molar-refractivity contribution in [3.05, 3.63) is 16.1 Å². The van der Waals surface area contributed by atoms with Crippen LogP contribution < -0.4 is 10.6 Å². The zero-order valence-corrected chi connectivity index (χ0v) is 9.21. The van der Waals surface area contributed by atoms with E-state index < -0.39 is 5.97 Å². The molecular weight excluding hydrogens is 230 g/mol. The van der Waals surface area contributed by atoms with Gasteiger partial charge in [-0.25, -0.2) is 9.78 Å². The van der Waals surface area contributed by atoms with Gasteiger partial charge in [-0.2, -0.15) is 0 Å². The average molecular weight is 241 g/mol. The molecular formula is C9H11N3O3S. The van der Waals surface area contributed by atoms with E-state index in [1.807, 2.05) is 0 Å². The highest BCUT2D eigenvalue weighted by Crippen LogP contribution is 2.10. The Balaban J connectivity index is 1.85. The maximum atomic E-state index is 10.9. The molecule has 1 unspecified atom stereocenters. The van der Waals surface area contributed by atoms with Crippen molar-refractivity contribution in [3.63, 3.8) is 0 Å². The van der Waals surface area contributed by atoms with Gasteiger partial charge in [0, 0.05) is 30.9 Å². The molecule has 1 amide bonds. The zero-order chi connectivity index (χ0) is 11.5. The Labute approximate surface area is 95.7 Å². The molecule has 6 nitrogen and oxygen atoms in total. The Morgan fingerprint density at radius 3 is 3.12 bits per heavy atom. The molecule has 0 aliphatic carbocycles. The number of hydrogen-bond donors (Lipinski definition) is 3. The van der Waals surface area contributed by atoms with Crippen molar-refractivity contribution in [1.82, 2.24) is 15.6 Å². The summed E-state index contributed by atoms with van der Waals surface area (Å²) >= 11 is 1.11. The number of amides is 1. The van der Waals surface area contributed by atoms with Crippen LogP contribution in [0.4, 0.5) is 0 Å². The quantitative estimate of drug-likeness (QED) is 0.680. The summed E-state index contributed by atoms with van der Waals surface area (Å²) in [5, 5.41) is 16.4. The van der Waals surface area contributed by atoms with Crippen LogP contribution in [0.15, 0.2) is 5.38 Å². The van der Waals surface area contributed by atoms with Crippen molar-refractivity contribution in [1.29, 1.82) is 0 Å². The first-order valence-corrected chi connectivity index (χ1v) is 5.71. The number of thiazole rings is 1. The van der Waals surface area contributed by atoms with Crippen molar-refractivity contribution in [2.45, 2.75) is 19.0 Å². The van der Waals surface area contributed by atoms with Gasteiger partial charge in [0.2, 0.25) is 10.9 Å². The second-order valence-corrected chi connectivity index (χ2v) is 4.39. The van der Waals surface area contributed by atoms with Gasteiger partial charge in [-0.1, -0.05) is 0 Å². The molecule has 16 heavy (non-hydrogen) atoms. The molecule has 7 heteroatoms. The molecule has 1 aromatic rings. The Morgan fingerprint density at radius 2 is 2.56 bits per heavy atom. The largest absolute Gasteiger partial charge is 0.476 e. The number of carboxylic acids is 1. The van der Waals surface area contributed by atoms with Crippen LogP contribution in [-0.4, -0.2) is 34.6 Å². The summed E-state index contributed by atoms with van der Waals surface area (Å²) in [5.41, 5.74) is 0.696. The summed E-state index contributed by atoms with van der Waals surface area (Å²) in [5.74, 6) is -0.962. The Bertz CT molecular complexity index is 418. The van der Waals surface area contributed by atoms with Crippen molar-refractivity contribution in [2.24, 2.45) is 0 Å². The van der Waals surface area contributed by atoms with Gasteiger partial charge in [-0.05, 0) is 0 Å². The molecule has 2 heterocycles. The predicted molar refractivity (Wildman–Crippen MR) is 57.3 cm³/mol. The topological polar surface area (TPSA) is 91.3 Å². The third kappa shape index (κ3) is 2.56. The Kier molecular flexibility index (Phi) is 3.16. The number of rotatable bonds is 4. The van der Waals surface area contributed by atoms with Crippen molar-refractivity contribution >= 4 is 23.2 Å². The van der Waals surface area contributed by atoms with Crippen LogP contribution in [-0.2, 0) is 11.3 Å². The number of hydrogen-bond acceptors (Lipinski definition) is 5. The second kappa shape index (κ2) is 4.58. The van der Waals surface area contributed by atoms with Gasteiger partial charge in [0.1, 0.15) is 0 Å². The summed E-state index contributed by atoms with van der Waals surface area (Å²) in [6.45, 7) is 1.11. The van der Waals surface area contributed by atoms with E-state index in [2.05, 4.69) is 15.6 Å². The monoisotopic (exact) mass is 241 g/mol. The van der Waals surface area contributed by atoms with Crippen LogP contribution in [0.5, 0.6) is 0 Å². The maximum absolute atomic E-state index is 10.9. The van der Waals surface area contributed by atoms with Crippen LogP contribution in [0.3, 0.4) is 0 Å². The van der Waals surface area contributed by atoms with Crippen LogP contribution in [0.1, 0.15) is 21.9 Å². The molecule has 3 N–H and O–H groups in total. The first kappa shape index (κ1) is 11.0. The second-order valence-electron chi connectivity index (χ2n) is 3.54. The summed E-state index contributed by atoms with van der Waals surface area (Å²) in [4.78, 5) is 25.4. The minimum absolute atomic E-state index is 0.0435. The number of nitrogens with one attached hydrogen (secondary N) is 2. The third-order valence-corrected chi connectivity index (χ3v) is 3.16. The lowest BCUT2D eigenvalue weighted by atomic mass is 10.2. The molecule has 1 aromatic heterocycles. The third-order valence-electron chi connectivity index (χ3n) is 2.28. The average Bonchev–Trinajstić information content (AvgIpc) is 2.83. The SMILES string of the molecule is O=C1CC(NCc2csc(C(=O)O)n2)CN1. The summed E-state index contributed by atoms with van der Waals surface area (Å²) in [7, 11) is 0. The van der Waals surface area contributed by atoms with E-state index >= 15 is 0 Å². The highest BCUT2D eigenvalue weighted by atomic mass is 32.1. The highest BCUT2D eigenvalue weighted by Gasteiger charge is 2.20. The number of nitrogens with zero attached hydrogens (tertiary/aromatic N) is 1. The number of carboxylic acid groups (broad SMARTS) is 1. The van der Waals surface area contributed by atoms with Gasteiger partial charge < -0.3 is 15.7 Å². The Morgan fingerprint density at radius 1 is 1.75 bits per heavy atom. The van der Waals surface area contributed by atoms with Gasteiger partial charge in [0.05, 0.1) is 5.69 Å². The van der Waals surface area contributed by atoms with Gasteiger partial charge in [-0.15, -0.1) is 11.3 Å². The standard InChI is InChI=1S/C9H11N3O3S/c13-7-1-5(2-11-7)10-3-6-4-16-8(12-6)9(14)15/h4-5,10H,1-3H2,(H,11,13)(H,14,15). The zero-order valence-electron chi connectivity index (χ0n) is 8.40. The fourth-order valence-corrected chi connectivity index (χ4v) is 2.14. The number of aromatic carboxylic acids is 1. The number of carbonyl (C=O) groups excluding carboxylic acids is 1. The summed E-state index contributed by atoms with van der Waals surface area (Å²) < 4.78 is 0. The first-order chi connectivity index (χ1) is 7.65. The van der Waals surface area contributed by atoms with Crippen LogP contribution in [0, 0.1) is 0 Å². The molecule has 0 spiro atoms. The van der Waals surface area contributed by atoms with E-state index in [0.717, 1.165) is 11.3 Å². The molecule has 1 aliphatic heterocycles. The minimum Gasteiger partial charge on any atom is -0.476 e. The lowest BCUT2D eigenvalue weighted by Gasteiger charge is -2.07. The summed E-state index contributed by atoms with van der Waals surface area (Å²) in [6.07, 6.45) is 0.468. The number of carbonyl (C=O) groups is 2. The lowest BCUT2D eigenvalue weighted by molar-refractivity contribution is -0.119. The molecule has 0 aromatic carbocycles. The van der Waals surface area contributed by atoms with Crippen molar-refractivity contribution in [3.8, 4) is 0 Å². The lowest BCUT2D eigenvalue weighted by Crippen LogP contribution is -2.30. The number of aromatic nitrogens is 1. The van der Waals surface area contributed by atoms with Gasteiger partial charge in [0.25, 0.3) is 0 Å². The molecule has 0 saturated carbocycles. The molecule has 86 valence electrons. The normalized spacial score (nSPS) is 19.8. The van der Waals surface area contributed by atoms with Crippen molar-refractivity contribution in [2.75, 3.05) is 6.54 Å².